The van der Waals surface area contributed by atoms with E-state index < -0.39 is 0 Å². The Morgan fingerprint density at radius 3 is 1.36 bits per heavy atom. The molecule has 0 unspecified atom stereocenters. The van der Waals surface area contributed by atoms with Crippen LogP contribution in [0.2, 0.25) is 0 Å². The van der Waals surface area contributed by atoms with Gasteiger partial charge in [0.2, 0.25) is 0 Å². The largest absolute Gasteiger partial charge is 0.398 e. The molecule has 0 amide bonds. The summed E-state index contributed by atoms with van der Waals surface area (Å²) in [6, 6.07) is 29.6. The zero-order chi connectivity index (χ0) is 15.4. The smallest absolute Gasteiger partial charge is 0.0394 e. The topological polar surface area (TPSA) is 52.0 Å². The molecular weight excluding hydrogens is 268 g/mol. The molecule has 0 aliphatic rings. The van der Waals surface area contributed by atoms with Crippen LogP contribution in [0.5, 0.6) is 0 Å². The normalized spacial score (nSPS) is 10.2. The number of nitrogens with two attached hydrogens (primary N) is 2. The van der Waals surface area contributed by atoms with E-state index in [1.807, 2.05) is 72.8 Å². The third-order valence-corrected chi connectivity index (χ3v) is 3.48. The molecule has 4 rings (SSSR count). The summed E-state index contributed by atoms with van der Waals surface area (Å²) in [5.41, 5.74) is 13.1. The molecule has 0 aliphatic carbocycles. The summed E-state index contributed by atoms with van der Waals surface area (Å²) in [6.07, 6.45) is 0. The minimum atomic E-state index is 0.819. The lowest BCUT2D eigenvalue weighted by atomic mass is 10.1. The number of hydrogen-bond donors (Lipinski definition) is 2. The van der Waals surface area contributed by atoms with Gasteiger partial charge in [0.05, 0.1) is 0 Å². The van der Waals surface area contributed by atoms with Crippen LogP contribution in [-0.4, -0.2) is 0 Å². The number of nitrogen functional groups attached to an aromatic ring is 2. The maximum absolute atomic E-state index is 5.74. The summed E-state index contributed by atoms with van der Waals surface area (Å²) in [5, 5.41) is 4.31. The summed E-state index contributed by atoms with van der Waals surface area (Å²) in [7, 11) is 0. The van der Waals surface area contributed by atoms with Gasteiger partial charge in [-0.1, -0.05) is 60.7 Å². The molecule has 4 N–H and O–H groups in total. The molecule has 0 atom stereocenters. The SMILES string of the molecule is Nc1cc[c]c2ccccc12.Nc1cc[c]c2ccccc12. The van der Waals surface area contributed by atoms with Crippen molar-refractivity contribution in [1.82, 2.24) is 0 Å². The van der Waals surface area contributed by atoms with E-state index >= 15 is 0 Å². The van der Waals surface area contributed by atoms with Crippen molar-refractivity contribution >= 4 is 32.9 Å². The Morgan fingerprint density at radius 2 is 0.955 bits per heavy atom. The van der Waals surface area contributed by atoms with Gasteiger partial charge in [-0.2, -0.15) is 0 Å². The van der Waals surface area contributed by atoms with E-state index in [9.17, 15) is 0 Å². The zero-order valence-corrected chi connectivity index (χ0v) is 12.1. The number of fused-ring (bicyclic) bond motifs is 2. The van der Waals surface area contributed by atoms with E-state index in [1.54, 1.807) is 0 Å². The first-order valence-corrected chi connectivity index (χ1v) is 7.05. The zero-order valence-electron chi connectivity index (χ0n) is 12.1. The second kappa shape index (κ2) is 6.19. The predicted octanol–water partition coefficient (Wildman–Crippen LogP) is 4.44. The highest BCUT2D eigenvalue weighted by molar-refractivity contribution is 5.92. The predicted molar refractivity (Wildman–Crippen MR) is 94.4 cm³/mol. The molecule has 2 radical (unpaired) electrons. The van der Waals surface area contributed by atoms with E-state index in [2.05, 4.69) is 12.1 Å². The van der Waals surface area contributed by atoms with Crippen molar-refractivity contribution in [3.63, 3.8) is 0 Å². The van der Waals surface area contributed by atoms with E-state index in [-0.39, 0.29) is 0 Å². The summed E-state index contributed by atoms with van der Waals surface area (Å²) >= 11 is 0. The molecule has 0 saturated carbocycles. The van der Waals surface area contributed by atoms with Crippen LogP contribution in [0.3, 0.4) is 0 Å². The molecule has 0 aromatic heterocycles. The van der Waals surface area contributed by atoms with Crippen molar-refractivity contribution in [3.05, 3.63) is 84.9 Å². The maximum atomic E-state index is 5.74. The first-order chi connectivity index (χ1) is 10.8. The van der Waals surface area contributed by atoms with Gasteiger partial charge in [-0.25, -0.2) is 0 Å². The van der Waals surface area contributed by atoms with E-state index in [1.165, 1.54) is 0 Å². The van der Waals surface area contributed by atoms with Gasteiger partial charge in [-0.3, -0.25) is 0 Å². The second-order valence-electron chi connectivity index (χ2n) is 4.96. The molecule has 0 fully saturated rings. The van der Waals surface area contributed by atoms with Crippen molar-refractivity contribution in [2.75, 3.05) is 11.5 Å². The number of benzene rings is 4. The Labute approximate surface area is 130 Å². The van der Waals surface area contributed by atoms with Crippen LogP contribution in [0.4, 0.5) is 11.4 Å². The van der Waals surface area contributed by atoms with Gasteiger partial charge < -0.3 is 11.5 Å². The van der Waals surface area contributed by atoms with Crippen molar-refractivity contribution < 1.29 is 0 Å². The molecule has 0 bridgehead atoms. The lowest BCUT2D eigenvalue weighted by molar-refractivity contribution is 1.72. The number of anilines is 2. The third kappa shape index (κ3) is 2.86. The molecule has 0 aliphatic heterocycles. The lowest BCUT2D eigenvalue weighted by Gasteiger charge is -1.98. The van der Waals surface area contributed by atoms with Gasteiger partial charge in [-0.05, 0) is 35.0 Å². The van der Waals surface area contributed by atoms with Crippen LogP contribution < -0.4 is 11.5 Å². The summed E-state index contributed by atoms with van der Waals surface area (Å²) < 4.78 is 0. The first-order valence-electron chi connectivity index (χ1n) is 7.05. The Kier molecular flexibility index (Phi) is 3.92. The average molecular weight is 284 g/mol. The first kappa shape index (κ1) is 14.0. The minimum absolute atomic E-state index is 0.819. The third-order valence-electron chi connectivity index (χ3n) is 3.48. The minimum Gasteiger partial charge on any atom is -0.398 e. The quantitative estimate of drug-likeness (QED) is 0.469. The second-order valence-corrected chi connectivity index (χ2v) is 4.96. The van der Waals surface area contributed by atoms with E-state index in [0.29, 0.717) is 0 Å². The van der Waals surface area contributed by atoms with E-state index in [0.717, 1.165) is 32.9 Å². The Balaban J connectivity index is 0.000000131. The molecule has 0 saturated heterocycles. The summed E-state index contributed by atoms with van der Waals surface area (Å²) in [4.78, 5) is 0. The Bertz CT molecular complexity index is 825. The van der Waals surface area contributed by atoms with Crippen LogP contribution in [0.15, 0.2) is 72.8 Å². The van der Waals surface area contributed by atoms with Crippen LogP contribution in [-0.2, 0) is 0 Å². The maximum Gasteiger partial charge on any atom is 0.0394 e. The van der Waals surface area contributed by atoms with E-state index in [4.69, 9.17) is 11.5 Å². The Hall–Kier alpha value is -3.00. The highest BCUT2D eigenvalue weighted by Gasteiger charge is 1.94. The fourth-order valence-electron chi connectivity index (χ4n) is 2.34. The van der Waals surface area contributed by atoms with Gasteiger partial charge >= 0.3 is 0 Å². The molecule has 2 heteroatoms. The summed E-state index contributed by atoms with van der Waals surface area (Å²) in [5.74, 6) is 0. The molecule has 2 nitrogen and oxygen atoms in total. The van der Waals surface area contributed by atoms with Crippen LogP contribution in [0.25, 0.3) is 21.5 Å². The molecule has 0 spiro atoms. The molecule has 22 heavy (non-hydrogen) atoms. The lowest BCUT2D eigenvalue weighted by Crippen LogP contribution is -1.85. The van der Waals surface area contributed by atoms with Crippen molar-refractivity contribution in [2.24, 2.45) is 0 Å². The van der Waals surface area contributed by atoms with Crippen LogP contribution >= 0.6 is 0 Å². The van der Waals surface area contributed by atoms with Crippen molar-refractivity contribution in [3.8, 4) is 0 Å². The monoisotopic (exact) mass is 284 g/mol. The standard InChI is InChI=1S/2C10H8N/c2*11-10-7-3-5-8-4-1-2-6-9(8)10/h2*1-4,6-7H,11H2. The van der Waals surface area contributed by atoms with Gasteiger partial charge in [0.1, 0.15) is 0 Å². The average Bonchev–Trinajstić information content (AvgIpc) is 2.57. The molecule has 4 aromatic rings. The summed E-state index contributed by atoms with van der Waals surface area (Å²) in [6.45, 7) is 0. The number of hydrogen-bond acceptors (Lipinski definition) is 2. The van der Waals surface area contributed by atoms with Crippen LogP contribution in [0, 0.1) is 12.1 Å². The fourth-order valence-corrected chi connectivity index (χ4v) is 2.34. The molecular formula is C20H16N2. The molecule has 106 valence electrons. The van der Waals surface area contributed by atoms with Crippen molar-refractivity contribution in [2.45, 2.75) is 0 Å². The molecule has 0 heterocycles. The van der Waals surface area contributed by atoms with Gasteiger partial charge in [0, 0.05) is 22.1 Å². The van der Waals surface area contributed by atoms with Gasteiger partial charge in [0.25, 0.3) is 0 Å². The number of rotatable bonds is 0. The Morgan fingerprint density at radius 1 is 0.545 bits per heavy atom. The molecule has 4 aromatic carbocycles. The van der Waals surface area contributed by atoms with Crippen molar-refractivity contribution in [1.29, 1.82) is 0 Å². The van der Waals surface area contributed by atoms with Gasteiger partial charge in [-0.15, -0.1) is 0 Å². The van der Waals surface area contributed by atoms with Crippen LogP contribution in [0.1, 0.15) is 0 Å². The highest BCUT2D eigenvalue weighted by Crippen LogP contribution is 2.19. The highest BCUT2D eigenvalue weighted by atomic mass is 14.5. The fraction of sp³-hybridized carbons (Fsp3) is 0. The van der Waals surface area contributed by atoms with Gasteiger partial charge in [0.15, 0.2) is 0 Å².